The van der Waals surface area contributed by atoms with E-state index in [-0.39, 0.29) is 0 Å². The monoisotopic (exact) mass is 270 g/mol. The number of nitrogens with zero attached hydrogens (tertiary/aromatic N) is 2. The smallest absolute Gasteiger partial charge is 0.165 e. The van der Waals surface area contributed by atoms with E-state index < -0.39 is 0 Å². The molecule has 0 saturated carbocycles. The molecule has 0 spiro atoms. The molecule has 0 bridgehead atoms. The van der Waals surface area contributed by atoms with E-state index >= 15 is 0 Å². The SMILES string of the molecule is Cc1ccc2c(c1)cc1n2COc2ccc(Cl)nc2-1. The molecule has 1 aliphatic heterocycles. The highest BCUT2D eigenvalue weighted by atomic mass is 35.5. The summed E-state index contributed by atoms with van der Waals surface area (Å²) in [5.41, 5.74) is 4.28. The van der Waals surface area contributed by atoms with Crippen LogP contribution in [0.1, 0.15) is 5.56 Å². The van der Waals surface area contributed by atoms with Crippen molar-refractivity contribution in [3.63, 3.8) is 0 Å². The van der Waals surface area contributed by atoms with Gasteiger partial charge in [0.25, 0.3) is 0 Å². The standard InChI is InChI=1S/C15H11ClN2O/c1-9-2-3-11-10(6-9)7-12-15-13(19-8-18(11)12)4-5-14(16)17-15/h2-7H,8H2,1H3. The molecule has 94 valence electrons. The van der Waals surface area contributed by atoms with E-state index in [4.69, 9.17) is 16.3 Å². The Labute approximate surface area is 115 Å². The molecule has 0 N–H and O–H groups in total. The molecule has 0 radical (unpaired) electrons. The van der Waals surface area contributed by atoms with Crippen LogP contribution in [-0.4, -0.2) is 9.55 Å². The topological polar surface area (TPSA) is 27.1 Å². The maximum atomic E-state index is 5.99. The Morgan fingerprint density at radius 3 is 3.00 bits per heavy atom. The number of hydrogen-bond acceptors (Lipinski definition) is 2. The van der Waals surface area contributed by atoms with Crippen LogP contribution >= 0.6 is 11.6 Å². The average Bonchev–Trinajstić information content (AvgIpc) is 2.76. The number of ether oxygens (including phenoxy) is 1. The third-order valence-corrected chi connectivity index (χ3v) is 3.68. The maximum Gasteiger partial charge on any atom is 0.165 e. The van der Waals surface area contributed by atoms with E-state index in [1.165, 1.54) is 10.9 Å². The molecule has 0 fully saturated rings. The van der Waals surface area contributed by atoms with Gasteiger partial charge in [0.05, 0.1) is 11.2 Å². The number of benzene rings is 1. The maximum absolute atomic E-state index is 5.99. The summed E-state index contributed by atoms with van der Waals surface area (Å²) in [5.74, 6) is 0.788. The highest BCUT2D eigenvalue weighted by molar-refractivity contribution is 6.29. The zero-order chi connectivity index (χ0) is 13.0. The third kappa shape index (κ3) is 1.55. The van der Waals surface area contributed by atoms with Crippen LogP contribution in [0.15, 0.2) is 36.4 Å². The van der Waals surface area contributed by atoms with Gasteiger partial charge in [-0.15, -0.1) is 0 Å². The Bertz CT molecular complexity index is 807. The van der Waals surface area contributed by atoms with Gasteiger partial charge in [-0.2, -0.15) is 0 Å². The number of hydrogen-bond donors (Lipinski definition) is 0. The quantitative estimate of drug-likeness (QED) is 0.577. The summed E-state index contributed by atoms with van der Waals surface area (Å²) >= 11 is 5.99. The first-order valence-electron chi connectivity index (χ1n) is 6.12. The lowest BCUT2D eigenvalue weighted by Crippen LogP contribution is -2.13. The number of pyridine rings is 1. The third-order valence-electron chi connectivity index (χ3n) is 3.47. The van der Waals surface area contributed by atoms with Crippen LogP contribution in [0.3, 0.4) is 0 Å². The van der Waals surface area contributed by atoms with Gasteiger partial charge in [-0.25, -0.2) is 4.98 Å². The number of aromatic nitrogens is 2. The van der Waals surface area contributed by atoms with Crippen LogP contribution in [0.4, 0.5) is 0 Å². The molecule has 4 heteroatoms. The summed E-state index contributed by atoms with van der Waals surface area (Å²) in [4.78, 5) is 4.39. The lowest BCUT2D eigenvalue weighted by molar-refractivity contribution is 0.234. The molecule has 3 heterocycles. The Morgan fingerprint density at radius 2 is 2.11 bits per heavy atom. The molecule has 3 nitrogen and oxygen atoms in total. The molecule has 0 amide bonds. The summed E-state index contributed by atoms with van der Waals surface area (Å²) in [7, 11) is 0. The first-order valence-corrected chi connectivity index (χ1v) is 6.50. The van der Waals surface area contributed by atoms with Crippen molar-refractivity contribution < 1.29 is 4.74 Å². The molecule has 0 saturated heterocycles. The van der Waals surface area contributed by atoms with E-state index in [0.29, 0.717) is 11.9 Å². The van der Waals surface area contributed by atoms with Crippen molar-refractivity contribution in [2.45, 2.75) is 13.7 Å². The molecular weight excluding hydrogens is 260 g/mol. The van der Waals surface area contributed by atoms with E-state index in [0.717, 1.165) is 22.7 Å². The molecule has 2 aromatic heterocycles. The van der Waals surface area contributed by atoms with E-state index in [9.17, 15) is 0 Å². The summed E-state index contributed by atoms with van der Waals surface area (Å²) in [6.07, 6.45) is 0. The fraction of sp³-hybridized carbons (Fsp3) is 0.133. The second-order valence-electron chi connectivity index (χ2n) is 4.77. The predicted octanol–water partition coefficient (Wildman–Crippen LogP) is 4.02. The molecule has 0 unspecified atom stereocenters. The van der Waals surface area contributed by atoms with Crippen molar-refractivity contribution in [1.82, 2.24) is 9.55 Å². The van der Waals surface area contributed by atoms with Crippen molar-refractivity contribution in [1.29, 1.82) is 0 Å². The number of rotatable bonds is 0. The van der Waals surface area contributed by atoms with Crippen LogP contribution in [0.25, 0.3) is 22.3 Å². The number of halogens is 1. The summed E-state index contributed by atoms with van der Waals surface area (Å²) in [6.45, 7) is 2.61. The average molecular weight is 271 g/mol. The van der Waals surface area contributed by atoms with Gasteiger partial charge in [0.2, 0.25) is 0 Å². The lowest BCUT2D eigenvalue weighted by Gasteiger charge is -2.20. The van der Waals surface area contributed by atoms with Gasteiger partial charge in [0.1, 0.15) is 16.6 Å². The number of aryl methyl sites for hydroxylation is 1. The van der Waals surface area contributed by atoms with Crippen LogP contribution in [0.5, 0.6) is 5.75 Å². The lowest BCUT2D eigenvalue weighted by atomic mass is 10.2. The van der Waals surface area contributed by atoms with Crippen molar-refractivity contribution in [2.24, 2.45) is 0 Å². The Kier molecular flexibility index (Phi) is 2.15. The fourth-order valence-corrected chi connectivity index (χ4v) is 2.73. The van der Waals surface area contributed by atoms with Gasteiger partial charge in [0, 0.05) is 5.39 Å². The highest BCUT2D eigenvalue weighted by Gasteiger charge is 2.21. The predicted molar refractivity (Wildman–Crippen MR) is 75.5 cm³/mol. The van der Waals surface area contributed by atoms with Crippen molar-refractivity contribution in [2.75, 3.05) is 0 Å². The Morgan fingerprint density at radius 1 is 1.21 bits per heavy atom. The van der Waals surface area contributed by atoms with Gasteiger partial charge in [0.15, 0.2) is 6.73 Å². The minimum Gasteiger partial charge on any atom is -0.470 e. The zero-order valence-electron chi connectivity index (χ0n) is 10.4. The van der Waals surface area contributed by atoms with Gasteiger partial charge < -0.3 is 9.30 Å². The van der Waals surface area contributed by atoms with Crippen LogP contribution in [-0.2, 0) is 6.73 Å². The van der Waals surface area contributed by atoms with Crippen molar-refractivity contribution in [3.8, 4) is 17.1 Å². The van der Waals surface area contributed by atoms with E-state index in [2.05, 4.69) is 40.7 Å². The largest absolute Gasteiger partial charge is 0.470 e. The van der Waals surface area contributed by atoms with Gasteiger partial charge >= 0.3 is 0 Å². The molecule has 0 atom stereocenters. The Hall–Kier alpha value is -2.00. The first-order chi connectivity index (χ1) is 9.22. The second kappa shape index (κ2) is 3.75. The second-order valence-corrected chi connectivity index (χ2v) is 5.16. The van der Waals surface area contributed by atoms with E-state index in [1.54, 1.807) is 6.07 Å². The summed E-state index contributed by atoms with van der Waals surface area (Å²) in [5, 5.41) is 1.69. The minimum atomic E-state index is 0.484. The number of fused-ring (bicyclic) bond motifs is 5. The van der Waals surface area contributed by atoms with Crippen molar-refractivity contribution >= 4 is 22.5 Å². The molecule has 3 aromatic rings. The van der Waals surface area contributed by atoms with Crippen LogP contribution in [0, 0.1) is 6.92 Å². The first kappa shape index (κ1) is 10.9. The summed E-state index contributed by atoms with van der Waals surface area (Å²) < 4.78 is 7.87. The van der Waals surface area contributed by atoms with Gasteiger partial charge in [-0.05, 0) is 37.3 Å². The summed E-state index contributed by atoms with van der Waals surface area (Å²) in [6, 6.07) is 12.2. The molecule has 4 rings (SSSR count). The van der Waals surface area contributed by atoms with Crippen molar-refractivity contribution in [3.05, 3.63) is 47.1 Å². The van der Waals surface area contributed by atoms with Crippen LogP contribution < -0.4 is 4.74 Å². The molecule has 1 aliphatic rings. The minimum absolute atomic E-state index is 0.484. The molecule has 0 aliphatic carbocycles. The molecular formula is C15H11ClN2O. The van der Waals surface area contributed by atoms with Gasteiger partial charge in [-0.1, -0.05) is 23.2 Å². The molecule has 19 heavy (non-hydrogen) atoms. The Balaban J connectivity index is 2.06. The van der Waals surface area contributed by atoms with E-state index in [1.807, 2.05) is 6.07 Å². The molecule has 1 aromatic carbocycles. The van der Waals surface area contributed by atoms with Crippen LogP contribution in [0.2, 0.25) is 5.15 Å². The normalized spacial score (nSPS) is 12.9. The highest BCUT2D eigenvalue weighted by Crippen LogP contribution is 2.37. The fourth-order valence-electron chi connectivity index (χ4n) is 2.58. The van der Waals surface area contributed by atoms with Gasteiger partial charge in [-0.3, -0.25) is 0 Å². The zero-order valence-corrected chi connectivity index (χ0v) is 11.1.